The maximum atomic E-state index is 11.9. The van der Waals surface area contributed by atoms with Gasteiger partial charge in [0.15, 0.2) is 11.5 Å². The lowest BCUT2D eigenvalue weighted by atomic mass is 10.1. The van der Waals surface area contributed by atoms with E-state index in [4.69, 9.17) is 18.7 Å². The van der Waals surface area contributed by atoms with E-state index in [1.54, 1.807) is 13.8 Å². The first-order chi connectivity index (χ1) is 12.0. The Morgan fingerprint density at radius 1 is 1.36 bits per heavy atom. The summed E-state index contributed by atoms with van der Waals surface area (Å²) in [6.45, 7) is 3.47. The number of nitrogens with zero attached hydrogens (tertiary/aromatic N) is 2. The average molecular weight is 346 g/mol. The molecule has 1 aliphatic rings. The molecule has 0 saturated heterocycles. The minimum Gasteiger partial charge on any atom is -0.457 e. The average Bonchev–Trinajstić information content (AvgIpc) is 3.16. The zero-order valence-corrected chi connectivity index (χ0v) is 13.5. The van der Waals surface area contributed by atoms with E-state index in [2.05, 4.69) is 5.16 Å². The van der Waals surface area contributed by atoms with Gasteiger partial charge in [-0.2, -0.15) is 0 Å². The molecule has 0 unspecified atom stereocenters. The highest BCUT2D eigenvalue weighted by Crippen LogP contribution is 2.38. The summed E-state index contributed by atoms with van der Waals surface area (Å²) in [4.78, 5) is 22.5. The molecule has 0 N–H and O–H groups in total. The predicted molar refractivity (Wildman–Crippen MR) is 84.0 cm³/mol. The molecule has 0 bridgehead atoms. The molecule has 0 radical (unpaired) electrons. The fourth-order valence-corrected chi connectivity index (χ4v) is 2.30. The number of nitro benzene ring substituents is 1. The summed E-state index contributed by atoms with van der Waals surface area (Å²) in [6, 6.07) is 2.70. The minimum absolute atomic E-state index is 0.000858. The van der Waals surface area contributed by atoms with E-state index in [-0.39, 0.29) is 24.7 Å². The Labute approximate surface area is 141 Å². The van der Waals surface area contributed by atoms with Gasteiger partial charge in [-0.05, 0) is 26.0 Å². The van der Waals surface area contributed by atoms with Gasteiger partial charge in [-0.1, -0.05) is 5.16 Å². The van der Waals surface area contributed by atoms with E-state index in [0.29, 0.717) is 28.5 Å². The summed E-state index contributed by atoms with van der Waals surface area (Å²) in [5.41, 5.74) is 1.35. The second-order valence-electron chi connectivity index (χ2n) is 5.27. The van der Waals surface area contributed by atoms with Crippen LogP contribution in [-0.2, 0) is 16.1 Å². The van der Waals surface area contributed by atoms with Crippen LogP contribution in [0, 0.1) is 24.0 Å². The molecule has 0 spiro atoms. The Kier molecular flexibility index (Phi) is 4.38. The van der Waals surface area contributed by atoms with Crippen molar-refractivity contribution in [3.8, 4) is 11.5 Å². The maximum Gasteiger partial charge on any atom is 0.331 e. The van der Waals surface area contributed by atoms with Gasteiger partial charge in [0.1, 0.15) is 12.4 Å². The number of aromatic nitrogens is 1. The second kappa shape index (κ2) is 6.63. The van der Waals surface area contributed by atoms with Crippen molar-refractivity contribution >= 4 is 17.7 Å². The van der Waals surface area contributed by atoms with Crippen molar-refractivity contribution in [2.24, 2.45) is 0 Å². The number of ether oxygens (including phenoxy) is 3. The third-order valence-electron chi connectivity index (χ3n) is 3.66. The number of rotatable bonds is 5. The van der Waals surface area contributed by atoms with Gasteiger partial charge in [0.25, 0.3) is 5.69 Å². The standard InChI is InChI=1S/C16H14N2O7/c1-9-12(10(2)25-17-9)7-22-16(19)4-3-11-5-14-15(24-8-23-14)6-13(11)18(20)21/h3-6H,7-8H2,1-2H3/b4-3+. The minimum atomic E-state index is -0.646. The van der Waals surface area contributed by atoms with Crippen LogP contribution in [0.15, 0.2) is 22.7 Å². The number of hydrogen-bond donors (Lipinski definition) is 0. The first-order valence-electron chi connectivity index (χ1n) is 7.30. The van der Waals surface area contributed by atoms with Gasteiger partial charge < -0.3 is 18.7 Å². The van der Waals surface area contributed by atoms with Gasteiger partial charge >= 0.3 is 5.97 Å². The van der Waals surface area contributed by atoms with Crippen molar-refractivity contribution in [1.82, 2.24) is 5.16 Å². The molecule has 3 rings (SSSR count). The van der Waals surface area contributed by atoms with E-state index in [0.717, 1.165) is 6.08 Å². The molecule has 0 amide bonds. The number of benzene rings is 1. The highest BCUT2D eigenvalue weighted by atomic mass is 16.7. The fourth-order valence-electron chi connectivity index (χ4n) is 2.30. The van der Waals surface area contributed by atoms with Crippen LogP contribution in [0.5, 0.6) is 11.5 Å². The molecular weight excluding hydrogens is 332 g/mol. The van der Waals surface area contributed by atoms with E-state index in [1.165, 1.54) is 18.2 Å². The van der Waals surface area contributed by atoms with Crippen LogP contribution < -0.4 is 9.47 Å². The number of carbonyl (C=O) groups is 1. The SMILES string of the molecule is Cc1noc(C)c1COC(=O)/C=C/c1cc2c(cc1[N+](=O)[O-])OCO2. The summed E-state index contributed by atoms with van der Waals surface area (Å²) in [5, 5.41) is 14.9. The molecule has 2 aromatic rings. The number of nitro groups is 1. The third-order valence-corrected chi connectivity index (χ3v) is 3.66. The second-order valence-corrected chi connectivity index (χ2v) is 5.27. The van der Waals surface area contributed by atoms with Crippen molar-refractivity contribution in [3.05, 3.63) is 50.9 Å². The van der Waals surface area contributed by atoms with Crippen LogP contribution in [-0.4, -0.2) is 22.8 Å². The maximum absolute atomic E-state index is 11.9. The zero-order chi connectivity index (χ0) is 18.0. The van der Waals surface area contributed by atoms with Crippen LogP contribution in [0.25, 0.3) is 6.08 Å². The molecule has 1 aliphatic heterocycles. The van der Waals surface area contributed by atoms with Crippen LogP contribution in [0.2, 0.25) is 0 Å². The molecule has 0 fully saturated rings. The lowest BCUT2D eigenvalue weighted by Gasteiger charge is -2.02. The van der Waals surface area contributed by atoms with Gasteiger partial charge in [-0.3, -0.25) is 10.1 Å². The Morgan fingerprint density at radius 3 is 2.72 bits per heavy atom. The first kappa shape index (κ1) is 16.5. The molecule has 1 aromatic carbocycles. The smallest absolute Gasteiger partial charge is 0.331 e. The summed E-state index contributed by atoms with van der Waals surface area (Å²) in [6.07, 6.45) is 2.42. The third kappa shape index (κ3) is 3.44. The molecule has 25 heavy (non-hydrogen) atoms. The molecule has 9 nitrogen and oxygen atoms in total. The van der Waals surface area contributed by atoms with E-state index in [1.807, 2.05) is 0 Å². The van der Waals surface area contributed by atoms with Crippen molar-refractivity contribution in [3.63, 3.8) is 0 Å². The number of fused-ring (bicyclic) bond motifs is 1. The molecule has 1 aromatic heterocycles. The lowest BCUT2D eigenvalue weighted by Crippen LogP contribution is -2.02. The van der Waals surface area contributed by atoms with Gasteiger partial charge in [0, 0.05) is 6.08 Å². The summed E-state index contributed by atoms with van der Waals surface area (Å²) < 4.78 is 20.4. The van der Waals surface area contributed by atoms with Gasteiger partial charge in [-0.15, -0.1) is 0 Å². The van der Waals surface area contributed by atoms with Gasteiger partial charge in [0.2, 0.25) is 6.79 Å². The summed E-state index contributed by atoms with van der Waals surface area (Å²) in [5.74, 6) is 0.604. The Bertz CT molecular complexity index is 850. The van der Waals surface area contributed by atoms with E-state index < -0.39 is 10.9 Å². The molecule has 0 aliphatic carbocycles. The van der Waals surface area contributed by atoms with Gasteiger partial charge in [-0.25, -0.2) is 4.79 Å². The molecule has 9 heteroatoms. The first-order valence-corrected chi connectivity index (χ1v) is 7.30. The van der Waals surface area contributed by atoms with Crippen LogP contribution >= 0.6 is 0 Å². The number of hydrogen-bond acceptors (Lipinski definition) is 8. The Hall–Kier alpha value is -3.36. The van der Waals surface area contributed by atoms with Crippen molar-refractivity contribution in [2.75, 3.05) is 6.79 Å². The van der Waals surface area contributed by atoms with Crippen molar-refractivity contribution < 1.29 is 28.5 Å². The van der Waals surface area contributed by atoms with E-state index in [9.17, 15) is 14.9 Å². The van der Waals surface area contributed by atoms with Gasteiger partial charge in [0.05, 0.1) is 27.8 Å². The van der Waals surface area contributed by atoms with Crippen molar-refractivity contribution in [2.45, 2.75) is 20.5 Å². The quantitative estimate of drug-likeness (QED) is 0.351. The largest absolute Gasteiger partial charge is 0.457 e. The zero-order valence-electron chi connectivity index (χ0n) is 13.5. The summed E-state index contributed by atoms with van der Waals surface area (Å²) >= 11 is 0. The highest BCUT2D eigenvalue weighted by Gasteiger charge is 2.22. The molecule has 0 saturated carbocycles. The predicted octanol–water partition coefficient (Wildman–Crippen LogP) is 2.68. The normalized spacial score (nSPS) is 12.6. The lowest BCUT2D eigenvalue weighted by molar-refractivity contribution is -0.385. The monoisotopic (exact) mass is 346 g/mol. The van der Waals surface area contributed by atoms with Crippen LogP contribution in [0.3, 0.4) is 0 Å². The molecular formula is C16H14N2O7. The Balaban J connectivity index is 1.73. The Morgan fingerprint density at radius 2 is 2.08 bits per heavy atom. The number of esters is 1. The highest BCUT2D eigenvalue weighted by molar-refractivity contribution is 5.88. The van der Waals surface area contributed by atoms with E-state index >= 15 is 0 Å². The number of aryl methyl sites for hydroxylation is 2. The topological polar surface area (TPSA) is 114 Å². The molecule has 130 valence electrons. The molecule has 2 heterocycles. The van der Waals surface area contributed by atoms with Crippen LogP contribution in [0.4, 0.5) is 5.69 Å². The fraction of sp³-hybridized carbons (Fsp3) is 0.250. The van der Waals surface area contributed by atoms with Crippen molar-refractivity contribution in [1.29, 1.82) is 0 Å². The summed E-state index contributed by atoms with van der Waals surface area (Å²) in [7, 11) is 0. The number of carbonyl (C=O) groups excluding carboxylic acids is 1. The van der Waals surface area contributed by atoms with Crippen LogP contribution in [0.1, 0.15) is 22.6 Å². The molecule has 0 atom stereocenters.